The maximum atomic E-state index is 6.26. The Labute approximate surface area is 118 Å². The predicted octanol–water partition coefficient (Wildman–Crippen LogP) is 4.93. The van der Waals surface area contributed by atoms with Gasteiger partial charge in [0.25, 0.3) is 0 Å². The van der Waals surface area contributed by atoms with Crippen molar-refractivity contribution in [1.82, 2.24) is 9.55 Å². The van der Waals surface area contributed by atoms with Crippen LogP contribution in [0.25, 0.3) is 0 Å². The highest BCUT2D eigenvalue weighted by Gasteiger charge is 2.16. The number of aromatic nitrogens is 2. The lowest BCUT2D eigenvalue weighted by Gasteiger charge is -2.19. The zero-order valence-electron chi connectivity index (χ0n) is 10.8. The van der Waals surface area contributed by atoms with E-state index >= 15 is 0 Å². The van der Waals surface area contributed by atoms with E-state index in [4.69, 9.17) is 23.8 Å². The van der Waals surface area contributed by atoms with Gasteiger partial charge in [-0.25, -0.2) is 0 Å². The lowest BCUT2D eigenvalue weighted by molar-refractivity contribution is 0.582. The molecule has 0 aliphatic rings. The van der Waals surface area contributed by atoms with E-state index in [0.717, 1.165) is 15.4 Å². The van der Waals surface area contributed by atoms with Gasteiger partial charge in [-0.3, -0.25) is 0 Å². The summed E-state index contributed by atoms with van der Waals surface area (Å²) in [5.41, 5.74) is 2.30. The van der Waals surface area contributed by atoms with Crippen LogP contribution < -0.4 is 0 Å². The van der Waals surface area contributed by atoms with Gasteiger partial charge in [-0.2, -0.15) is 0 Å². The summed E-state index contributed by atoms with van der Waals surface area (Å²) in [5, 5.41) is 0.780. The number of nitrogens with zero attached hydrogens (tertiary/aromatic N) is 1. The second kappa shape index (κ2) is 5.29. The number of hydrogen-bond acceptors (Lipinski definition) is 1. The number of nitrogens with one attached hydrogen (secondary N) is 1. The molecule has 0 radical (unpaired) electrons. The van der Waals surface area contributed by atoms with Crippen LogP contribution in [-0.2, 0) is 0 Å². The van der Waals surface area contributed by atoms with Crippen molar-refractivity contribution in [1.29, 1.82) is 0 Å². The SMILES string of the molecule is CC(C)c1c[nH]c(=S)n1C(C)c1ccccc1Cl. The molecule has 1 heterocycles. The van der Waals surface area contributed by atoms with Crippen molar-refractivity contribution in [3.05, 3.63) is 51.5 Å². The van der Waals surface area contributed by atoms with Gasteiger partial charge in [0.2, 0.25) is 0 Å². The third kappa shape index (κ3) is 2.38. The quantitative estimate of drug-likeness (QED) is 0.791. The molecule has 0 aliphatic carbocycles. The van der Waals surface area contributed by atoms with Gasteiger partial charge in [0.1, 0.15) is 0 Å². The minimum absolute atomic E-state index is 0.134. The molecule has 1 aromatic carbocycles. The Morgan fingerprint density at radius 1 is 1.22 bits per heavy atom. The van der Waals surface area contributed by atoms with Crippen LogP contribution in [0, 0.1) is 4.77 Å². The number of aromatic amines is 1. The van der Waals surface area contributed by atoms with Gasteiger partial charge in [-0.15, -0.1) is 0 Å². The molecule has 0 bridgehead atoms. The number of benzene rings is 1. The molecule has 1 atom stereocenters. The van der Waals surface area contributed by atoms with Gasteiger partial charge in [-0.1, -0.05) is 43.6 Å². The highest BCUT2D eigenvalue weighted by molar-refractivity contribution is 7.71. The van der Waals surface area contributed by atoms with Crippen LogP contribution in [0.2, 0.25) is 5.02 Å². The predicted molar refractivity (Wildman–Crippen MR) is 79.0 cm³/mol. The third-order valence-corrected chi connectivity index (χ3v) is 3.83. The molecule has 2 nitrogen and oxygen atoms in total. The number of halogens is 1. The molecule has 18 heavy (non-hydrogen) atoms. The average Bonchev–Trinajstić information content (AvgIpc) is 2.71. The summed E-state index contributed by atoms with van der Waals surface area (Å²) in [6, 6.07) is 8.04. The molecule has 0 fully saturated rings. The van der Waals surface area contributed by atoms with E-state index in [-0.39, 0.29) is 6.04 Å². The van der Waals surface area contributed by atoms with Crippen LogP contribution in [0.1, 0.15) is 44.0 Å². The fraction of sp³-hybridized carbons (Fsp3) is 0.357. The Kier molecular flexibility index (Phi) is 3.93. The van der Waals surface area contributed by atoms with E-state index in [1.54, 1.807) is 0 Å². The Morgan fingerprint density at radius 2 is 1.89 bits per heavy atom. The first-order valence-corrected chi connectivity index (χ1v) is 6.85. The van der Waals surface area contributed by atoms with E-state index in [1.165, 1.54) is 5.69 Å². The fourth-order valence-corrected chi connectivity index (χ4v) is 2.81. The summed E-state index contributed by atoms with van der Waals surface area (Å²) < 4.78 is 2.88. The molecule has 4 heteroatoms. The Hall–Kier alpha value is -1.06. The monoisotopic (exact) mass is 280 g/mol. The maximum absolute atomic E-state index is 6.26. The van der Waals surface area contributed by atoms with Crippen LogP contribution in [-0.4, -0.2) is 9.55 Å². The Morgan fingerprint density at radius 3 is 2.50 bits per heavy atom. The summed E-state index contributed by atoms with van der Waals surface area (Å²) in [5.74, 6) is 0.419. The number of rotatable bonds is 3. The maximum Gasteiger partial charge on any atom is 0.177 e. The summed E-state index contributed by atoms with van der Waals surface area (Å²) in [4.78, 5) is 3.12. The molecule has 0 saturated carbocycles. The van der Waals surface area contributed by atoms with Gasteiger partial charge < -0.3 is 9.55 Å². The lowest BCUT2D eigenvalue weighted by Crippen LogP contribution is -2.11. The van der Waals surface area contributed by atoms with Crippen molar-refractivity contribution in [2.24, 2.45) is 0 Å². The molecule has 96 valence electrons. The molecule has 1 aromatic heterocycles. The minimum atomic E-state index is 0.134. The van der Waals surface area contributed by atoms with Crippen molar-refractivity contribution in [3.8, 4) is 0 Å². The zero-order chi connectivity index (χ0) is 13.3. The van der Waals surface area contributed by atoms with Crippen LogP contribution in [0.4, 0.5) is 0 Å². The van der Waals surface area contributed by atoms with Crippen LogP contribution in [0.3, 0.4) is 0 Å². The summed E-state index contributed by atoms with van der Waals surface area (Å²) in [6.07, 6.45) is 1.99. The highest BCUT2D eigenvalue weighted by Crippen LogP contribution is 2.29. The van der Waals surface area contributed by atoms with Crippen molar-refractivity contribution in [3.63, 3.8) is 0 Å². The highest BCUT2D eigenvalue weighted by atomic mass is 35.5. The third-order valence-electron chi connectivity index (χ3n) is 3.17. The number of H-pyrrole nitrogens is 1. The molecule has 0 amide bonds. The Bertz CT molecular complexity index is 598. The van der Waals surface area contributed by atoms with Crippen LogP contribution in [0.5, 0.6) is 0 Å². The topological polar surface area (TPSA) is 20.7 Å². The second-order valence-electron chi connectivity index (χ2n) is 4.74. The largest absolute Gasteiger partial charge is 0.337 e. The molecule has 1 N–H and O–H groups in total. The molecular formula is C14H17ClN2S. The summed E-state index contributed by atoms with van der Waals surface area (Å²) in [7, 11) is 0. The smallest absolute Gasteiger partial charge is 0.177 e. The second-order valence-corrected chi connectivity index (χ2v) is 5.53. The molecular weight excluding hydrogens is 264 g/mol. The lowest BCUT2D eigenvalue weighted by atomic mass is 10.1. The van der Waals surface area contributed by atoms with Crippen molar-refractivity contribution < 1.29 is 0 Å². The number of imidazole rings is 1. The van der Waals surface area contributed by atoms with Gasteiger partial charge in [0, 0.05) is 16.9 Å². The van der Waals surface area contributed by atoms with Gasteiger partial charge in [0.05, 0.1) is 6.04 Å². The fourth-order valence-electron chi connectivity index (χ4n) is 2.19. The van der Waals surface area contributed by atoms with Gasteiger partial charge in [0.15, 0.2) is 4.77 Å². The average molecular weight is 281 g/mol. The van der Waals surface area contributed by atoms with Crippen molar-refractivity contribution >= 4 is 23.8 Å². The van der Waals surface area contributed by atoms with E-state index < -0.39 is 0 Å². The normalized spacial score (nSPS) is 12.9. The molecule has 0 aliphatic heterocycles. The molecule has 0 saturated heterocycles. The zero-order valence-corrected chi connectivity index (χ0v) is 12.3. The van der Waals surface area contributed by atoms with E-state index in [0.29, 0.717) is 5.92 Å². The summed E-state index contributed by atoms with van der Waals surface area (Å²) in [6.45, 7) is 6.44. The van der Waals surface area contributed by atoms with E-state index in [2.05, 4.69) is 30.3 Å². The molecule has 1 unspecified atom stereocenters. The van der Waals surface area contributed by atoms with E-state index in [9.17, 15) is 0 Å². The van der Waals surface area contributed by atoms with Gasteiger partial charge >= 0.3 is 0 Å². The Balaban J connectivity index is 2.53. The van der Waals surface area contributed by atoms with Crippen LogP contribution in [0.15, 0.2) is 30.5 Å². The summed E-state index contributed by atoms with van der Waals surface area (Å²) >= 11 is 11.6. The molecule has 2 aromatic rings. The van der Waals surface area contributed by atoms with E-state index in [1.807, 2.05) is 30.5 Å². The first-order valence-electron chi connectivity index (χ1n) is 6.06. The minimum Gasteiger partial charge on any atom is -0.337 e. The standard InChI is InChI=1S/C14H17ClN2S/c1-9(2)13-8-16-14(18)17(13)10(3)11-6-4-5-7-12(11)15/h4-10H,1-3H3,(H,16,18). The molecule has 2 rings (SSSR count). The van der Waals surface area contributed by atoms with Gasteiger partial charge in [-0.05, 0) is 36.7 Å². The first-order chi connectivity index (χ1) is 8.52. The van der Waals surface area contributed by atoms with Crippen molar-refractivity contribution in [2.45, 2.75) is 32.7 Å². The molecule has 0 spiro atoms. The first kappa shape index (κ1) is 13.4. The number of hydrogen-bond donors (Lipinski definition) is 1. The van der Waals surface area contributed by atoms with Crippen molar-refractivity contribution in [2.75, 3.05) is 0 Å². The van der Waals surface area contributed by atoms with Crippen LogP contribution >= 0.6 is 23.8 Å².